The number of rotatable bonds is 5. The first kappa shape index (κ1) is 15.0. The molecule has 1 aromatic heterocycles. The third-order valence-electron chi connectivity index (χ3n) is 3.19. The molecule has 0 saturated carbocycles. The van der Waals surface area contributed by atoms with E-state index in [1.54, 1.807) is 6.33 Å². The lowest BCUT2D eigenvalue weighted by atomic mass is 10.2. The number of hydrogen-bond acceptors (Lipinski definition) is 4. The molecule has 1 heterocycles. The first-order valence-corrected chi connectivity index (χ1v) is 8.24. The zero-order chi connectivity index (χ0) is 15.4. The van der Waals surface area contributed by atoms with E-state index in [9.17, 15) is 0 Å². The Balaban J connectivity index is 1.85. The average Bonchev–Trinajstić information content (AvgIpc) is 2.55. The molecule has 3 aromatic rings. The highest BCUT2D eigenvalue weighted by atomic mass is 127. The van der Waals surface area contributed by atoms with Crippen LogP contribution in [0.15, 0.2) is 48.8 Å². The molecule has 0 radical (unpaired) electrons. The highest BCUT2D eigenvalue weighted by Crippen LogP contribution is 2.25. The monoisotopic (exact) mass is 405 g/mol. The van der Waals surface area contributed by atoms with Crippen molar-refractivity contribution in [3.63, 3.8) is 0 Å². The van der Waals surface area contributed by atoms with E-state index < -0.39 is 0 Å². The summed E-state index contributed by atoms with van der Waals surface area (Å²) in [6, 6.07) is 14.0. The van der Waals surface area contributed by atoms with E-state index in [4.69, 9.17) is 4.74 Å². The lowest BCUT2D eigenvalue weighted by molar-refractivity contribution is 0.317. The molecule has 0 aliphatic rings. The molecule has 0 atom stereocenters. The Morgan fingerprint density at radius 3 is 2.68 bits per heavy atom. The summed E-state index contributed by atoms with van der Waals surface area (Å²) in [7, 11) is 0. The molecule has 0 aliphatic heterocycles. The van der Waals surface area contributed by atoms with Crippen LogP contribution in [-0.2, 0) is 0 Å². The predicted molar refractivity (Wildman–Crippen MR) is 97.8 cm³/mol. The van der Waals surface area contributed by atoms with Gasteiger partial charge in [0.25, 0.3) is 0 Å². The van der Waals surface area contributed by atoms with Gasteiger partial charge in [-0.15, -0.1) is 0 Å². The number of nitrogens with zero attached hydrogens (tertiary/aromatic N) is 2. The molecule has 1 N–H and O–H groups in total. The molecule has 22 heavy (non-hydrogen) atoms. The minimum Gasteiger partial charge on any atom is -0.494 e. The standard InChI is InChI=1S/C17H16IN3O/c1-2-9-22-14-6-4-13(5-7-14)21-17-15-10-12(18)3-8-16(15)19-11-20-17/h3-8,10-11H,2,9H2,1H3,(H,19,20,21). The number of fused-ring (bicyclic) bond motifs is 1. The number of anilines is 2. The van der Waals surface area contributed by atoms with Crippen molar-refractivity contribution in [1.29, 1.82) is 0 Å². The maximum Gasteiger partial charge on any atom is 0.141 e. The van der Waals surface area contributed by atoms with Gasteiger partial charge in [0.05, 0.1) is 12.1 Å². The number of aromatic nitrogens is 2. The van der Waals surface area contributed by atoms with E-state index in [0.717, 1.165) is 44.8 Å². The Bertz CT molecular complexity index is 774. The summed E-state index contributed by atoms with van der Waals surface area (Å²) >= 11 is 2.29. The van der Waals surface area contributed by atoms with Gasteiger partial charge < -0.3 is 10.1 Å². The minimum absolute atomic E-state index is 0.738. The van der Waals surface area contributed by atoms with Gasteiger partial charge in [0.2, 0.25) is 0 Å². The molecule has 0 aliphatic carbocycles. The first-order valence-electron chi connectivity index (χ1n) is 7.16. The highest BCUT2D eigenvalue weighted by molar-refractivity contribution is 14.1. The molecule has 0 unspecified atom stereocenters. The molecule has 112 valence electrons. The van der Waals surface area contributed by atoms with E-state index in [0.29, 0.717) is 0 Å². The smallest absolute Gasteiger partial charge is 0.141 e. The number of benzene rings is 2. The van der Waals surface area contributed by atoms with Gasteiger partial charge in [-0.05, 0) is 71.5 Å². The molecular weight excluding hydrogens is 389 g/mol. The Hall–Kier alpha value is -1.89. The summed E-state index contributed by atoms with van der Waals surface area (Å²) in [4.78, 5) is 8.66. The van der Waals surface area contributed by atoms with Crippen molar-refractivity contribution in [3.05, 3.63) is 52.4 Å². The lowest BCUT2D eigenvalue weighted by Gasteiger charge is -2.10. The summed E-state index contributed by atoms with van der Waals surface area (Å²) in [6.07, 6.45) is 2.59. The van der Waals surface area contributed by atoms with Crippen molar-refractivity contribution in [1.82, 2.24) is 9.97 Å². The fourth-order valence-corrected chi connectivity index (χ4v) is 2.61. The van der Waals surface area contributed by atoms with Gasteiger partial charge >= 0.3 is 0 Å². The largest absolute Gasteiger partial charge is 0.494 e. The Morgan fingerprint density at radius 2 is 1.91 bits per heavy atom. The minimum atomic E-state index is 0.738. The fraction of sp³-hybridized carbons (Fsp3) is 0.176. The fourth-order valence-electron chi connectivity index (χ4n) is 2.12. The van der Waals surface area contributed by atoms with Crippen molar-refractivity contribution in [2.24, 2.45) is 0 Å². The third kappa shape index (κ3) is 3.47. The third-order valence-corrected chi connectivity index (χ3v) is 3.86. The number of hydrogen-bond donors (Lipinski definition) is 1. The average molecular weight is 405 g/mol. The van der Waals surface area contributed by atoms with Gasteiger partial charge in [-0.2, -0.15) is 0 Å². The van der Waals surface area contributed by atoms with Crippen molar-refractivity contribution in [2.75, 3.05) is 11.9 Å². The van der Waals surface area contributed by atoms with E-state index in [2.05, 4.69) is 50.9 Å². The second-order valence-corrected chi connectivity index (χ2v) is 6.13. The number of ether oxygens (including phenoxy) is 1. The summed E-state index contributed by atoms with van der Waals surface area (Å²) in [5, 5.41) is 4.36. The molecule has 3 rings (SSSR count). The second-order valence-electron chi connectivity index (χ2n) is 4.88. The zero-order valence-corrected chi connectivity index (χ0v) is 14.4. The number of halogens is 1. The predicted octanol–water partition coefficient (Wildman–Crippen LogP) is 4.77. The van der Waals surface area contributed by atoms with Gasteiger partial charge in [0.15, 0.2) is 0 Å². The lowest BCUT2D eigenvalue weighted by Crippen LogP contribution is -1.97. The Labute approximate surface area is 143 Å². The normalized spacial score (nSPS) is 10.6. The van der Waals surface area contributed by atoms with Crippen LogP contribution in [-0.4, -0.2) is 16.6 Å². The molecule has 0 spiro atoms. The summed E-state index contributed by atoms with van der Waals surface area (Å²) < 4.78 is 6.75. The van der Waals surface area contributed by atoms with Crippen molar-refractivity contribution < 1.29 is 4.74 Å². The molecule has 0 fully saturated rings. The van der Waals surface area contributed by atoms with E-state index in [-0.39, 0.29) is 0 Å². The maximum absolute atomic E-state index is 5.59. The molecular formula is C17H16IN3O. The number of nitrogens with one attached hydrogen (secondary N) is 1. The van der Waals surface area contributed by atoms with Crippen LogP contribution in [0.3, 0.4) is 0 Å². The molecule has 2 aromatic carbocycles. The van der Waals surface area contributed by atoms with Crippen LogP contribution in [0.25, 0.3) is 10.9 Å². The topological polar surface area (TPSA) is 47.0 Å². The van der Waals surface area contributed by atoms with Gasteiger partial charge in [-0.1, -0.05) is 6.92 Å². The quantitative estimate of drug-likeness (QED) is 0.622. The van der Waals surface area contributed by atoms with Crippen LogP contribution in [0.2, 0.25) is 0 Å². The van der Waals surface area contributed by atoms with Crippen LogP contribution in [0.4, 0.5) is 11.5 Å². The zero-order valence-electron chi connectivity index (χ0n) is 12.2. The summed E-state index contributed by atoms with van der Waals surface area (Å²) in [5.74, 6) is 1.69. The molecule has 4 nitrogen and oxygen atoms in total. The van der Waals surface area contributed by atoms with Crippen LogP contribution in [0, 0.1) is 3.57 Å². The van der Waals surface area contributed by atoms with Gasteiger partial charge in [0, 0.05) is 14.6 Å². The Morgan fingerprint density at radius 1 is 1.09 bits per heavy atom. The van der Waals surface area contributed by atoms with Crippen LogP contribution >= 0.6 is 22.6 Å². The summed E-state index contributed by atoms with van der Waals surface area (Å²) in [6.45, 7) is 2.83. The molecule has 0 bridgehead atoms. The Kier molecular flexibility index (Phi) is 4.72. The first-order chi connectivity index (χ1) is 10.8. The van der Waals surface area contributed by atoms with Crippen molar-refractivity contribution >= 4 is 45.0 Å². The van der Waals surface area contributed by atoms with Crippen molar-refractivity contribution in [3.8, 4) is 5.75 Å². The van der Waals surface area contributed by atoms with E-state index in [1.165, 1.54) is 0 Å². The molecule has 5 heteroatoms. The SMILES string of the molecule is CCCOc1ccc(Nc2ncnc3ccc(I)cc23)cc1. The van der Waals surface area contributed by atoms with Gasteiger partial charge in [-0.3, -0.25) is 0 Å². The second kappa shape index (κ2) is 6.91. The maximum atomic E-state index is 5.59. The molecule has 0 amide bonds. The highest BCUT2D eigenvalue weighted by Gasteiger charge is 2.05. The van der Waals surface area contributed by atoms with Gasteiger partial charge in [0.1, 0.15) is 17.9 Å². The van der Waals surface area contributed by atoms with Crippen LogP contribution in [0.1, 0.15) is 13.3 Å². The summed E-state index contributed by atoms with van der Waals surface area (Å²) in [5.41, 5.74) is 1.91. The van der Waals surface area contributed by atoms with Crippen LogP contribution in [0.5, 0.6) is 5.75 Å². The van der Waals surface area contributed by atoms with E-state index in [1.807, 2.05) is 36.4 Å². The van der Waals surface area contributed by atoms with E-state index >= 15 is 0 Å². The van der Waals surface area contributed by atoms with Crippen LogP contribution < -0.4 is 10.1 Å². The van der Waals surface area contributed by atoms with Gasteiger partial charge in [-0.25, -0.2) is 9.97 Å². The van der Waals surface area contributed by atoms with Crippen molar-refractivity contribution in [2.45, 2.75) is 13.3 Å². The molecule has 0 saturated heterocycles.